The van der Waals surface area contributed by atoms with E-state index in [-0.39, 0.29) is 11.8 Å². The molecule has 1 aliphatic rings. The van der Waals surface area contributed by atoms with E-state index in [4.69, 9.17) is 10.2 Å². The van der Waals surface area contributed by atoms with Gasteiger partial charge in [-0.05, 0) is 12.5 Å². The number of hydrogen-bond donors (Lipinski definition) is 1. The molecule has 0 bridgehead atoms. The summed E-state index contributed by atoms with van der Waals surface area (Å²) in [6.45, 7) is 2.14. The van der Waals surface area contributed by atoms with Crippen LogP contribution in [0.1, 0.15) is 16.8 Å². The molecule has 1 saturated heterocycles. The third-order valence-corrected chi connectivity index (χ3v) is 3.46. The highest BCUT2D eigenvalue weighted by atomic mass is 16.3. The van der Waals surface area contributed by atoms with Crippen molar-refractivity contribution in [2.75, 3.05) is 19.6 Å². The summed E-state index contributed by atoms with van der Waals surface area (Å²) < 4.78 is 5.39. The number of para-hydroxylation sites is 1. The highest BCUT2D eigenvalue weighted by molar-refractivity contribution is 6.08. The van der Waals surface area contributed by atoms with Crippen molar-refractivity contribution in [3.05, 3.63) is 36.1 Å². The van der Waals surface area contributed by atoms with Gasteiger partial charge in [0.25, 0.3) is 0 Å². The van der Waals surface area contributed by atoms with Crippen LogP contribution in [0.3, 0.4) is 0 Å². The quantitative estimate of drug-likeness (QED) is 0.834. The molecule has 2 heterocycles. The molecule has 0 radical (unpaired) electrons. The third kappa shape index (κ3) is 2.05. The zero-order valence-corrected chi connectivity index (χ0v) is 10.1. The standard InChI is InChI=1S/C14H16N2O2/c15-10-5-6-16(7-10)8-13(17)12-9-18-14-4-2-1-3-11(12)14/h1-4,9-10H,5-8,15H2. The van der Waals surface area contributed by atoms with Gasteiger partial charge < -0.3 is 10.2 Å². The topological polar surface area (TPSA) is 59.5 Å². The SMILES string of the molecule is NC1CCN(CC(=O)c2coc3ccccc23)C1. The second-order valence-corrected chi connectivity index (χ2v) is 4.85. The van der Waals surface area contributed by atoms with Gasteiger partial charge in [-0.3, -0.25) is 9.69 Å². The van der Waals surface area contributed by atoms with Crippen LogP contribution in [-0.2, 0) is 0 Å². The van der Waals surface area contributed by atoms with Crippen LogP contribution in [0.25, 0.3) is 11.0 Å². The maximum absolute atomic E-state index is 12.2. The molecule has 0 aliphatic carbocycles. The fourth-order valence-electron chi connectivity index (χ4n) is 2.49. The number of carbonyl (C=O) groups excluding carboxylic acids is 1. The molecule has 1 aliphatic heterocycles. The molecule has 2 aromatic rings. The molecule has 1 fully saturated rings. The Hall–Kier alpha value is -1.65. The molecule has 2 N–H and O–H groups in total. The number of rotatable bonds is 3. The van der Waals surface area contributed by atoms with Crippen LogP contribution < -0.4 is 5.73 Å². The Morgan fingerprint density at radius 1 is 1.44 bits per heavy atom. The third-order valence-electron chi connectivity index (χ3n) is 3.46. The van der Waals surface area contributed by atoms with Gasteiger partial charge in [0.2, 0.25) is 0 Å². The minimum Gasteiger partial charge on any atom is -0.464 e. The minimum atomic E-state index is 0.106. The summed E-state index contributed by atoms with van der Waals surface area (Å²) in [6, 6.07) is 7.82. The van der Waals surface area contributed by atoms with Gasteiger partial charge in [-0.1, -0.05) is 18.2 Å². The number of nitrogens with two attached hydrogens (primary N) is 1. The Bertz CT molecular complexity index is 576. The Morgan fingerprint density at radius 2 is 2.28 bits per heavy atom. The summed E-state index contributed by atoms with van der Waals surface area (Å²) in [6.07, 6.45) is 2.53. The Balaban J connectivity index is 1.80. The molecular formula is C14H16N2O2. The zero-order valence-electron chi connectivity index (χ0n) is 10.1. The number of nitrogens with zero attached hydrogens (tertiary/aromatic N) is 1. The number of hydrogen-bond acceptors (Lipinski definition) is 4. The van der Waals surface area contributed by atoms with Gasteiger partial charge in [-0.2, -0.15) is 0 Å². The smallest absolute Gasteiger partial charge is 0.180 e. The molecule has 0 saturated carbocycles. The first-order valence-corrected chi connectivity index (χ1v) is 6.21. The first-order chi connectivity index (χ1) is 8.74. The Morgan fingerprint density at radius 3 is 3.06 bits per heavy atom. The summed E-state index contributed by atoms with van der Waals surface area (Å²) in [5, 5.41) is 0.894. The summed E-state index contributed by atoms with van der Waals surface area (Å²) >= 11 is 0. The zero-order chi connectivity index (χ0) is 12.5. The van der Waals surface area contributed by atoms with Crippen LogP contribution in [0, 0.1) is 0 Å². The van der Waals surface area contributed by atoms with E-state index in [0.717, 1.165) is 30.5 Å². The van der Waals surface area contributed by atoms with E-state index < -0.39 is 0 Å². The number of furan rings is 1. The monoisotopic (exact) mass is 244 g/mol. The summed E-state index contributed by atoms with van der Waals surface area (Å²) in [4.78, 5) is 14.3. The van der Waals surface area contributed by atoms with E-state index in [0.29, 0.717) is 12.1 Å². The Labute approximate surface area is 105 Å². The lowest BCUT2D eigenvalue weighted by molar-refractivity contribution is 0.0945. The van der Waals surface area contributed by atoms with Crippen LogP contribution in [0.5, 0.6) is 0 Å². The molecular weight excluding hydrogens is 228 g/mol. The number of likely N-dealkylation sites (tertiary alicyclic amines) is 1. The molecule has 1 unspecified atom stereocenters. The molecule has 1 aromatic carbocycles. The normalized spacial score (nSPS) is 20.6. The lowest BCUT2D eigenvalue weighted by Gasteiger charge is -2.13. The molecule has 94 valence electrons. The number of fused-ring (bicyclic) bond motifs is 1. The van der Waals surface area contributed by atoms with Crippen molar-refractivity contribution >= 4 is 16.8 Å². The molecule has 0 amide bonds. The van der Waals surface area contributed by atoms with E-state index in [1.165, 1.54) is 0 Å². The van der Waals surface area contributed by atoms with Gasteiger partial charge in [0.15, 0.2) is 5.78 Å². The predicted molar refractivity (Wildman–Crippen MR) is 69.6 cm³/mol. The van der Waals surface area contributed by atoms with Gasteiger partial charge >= 0.3 is 0 Å². The van der Waals surface area contributed by atoms with Gasteiger partial charge in [0.1, 0.15) is 11.8 Å². The fourth-order valence-corrected chi connectivity index (χ4v) is 2.49. The first-order valence-electron chi connectivity index (χ1n) is 6.21. The maximum atomic E-state index is 12.2. The van der Waals surface area contributed by atoms with Crippen molar-refractivity contribution in [1.29, 1.82) is 0 Å². The molecule has 18 heavy (non-hydrogen) atoms. The molecule has 3 rings (SSSR count). The van der Waals surface area contributed by atoms with E-state index in [1.54, 1.807) is 6.26 Å². The van der Waals surface area contributed by atoms with Crippen LogP contribution in [0.15, 0.2) is 34.9 Å². The summed E-state index contributed by atoms with van der Waals surface area (Å²) in [7, 11) is 0. The minimum absolute atomic E-state index is 0.106. The second-order valence-electron chi connectivity index (χ2n) is 4.85. The first kappa shape index (κ1) is 11.4. The van der Waals surface area contributed by atoms with E-state index in [1.807, 2.05) is 24.3 Å². The van der Waals surface area contributed by atoms with Crippen LogP contribution >= 0.6 is 0 Å². The lowest BCUT2D eigenvalue weighted by atomic mass is 10.1. The average molecular weight is 244 g/mol. The maximum Gasteiger partial charge on any atom is 0.180 e. The highest BCUT2D eigenvalue weighted by Crippen LogP contribution is 2.21. The van der Waals surface area contributed by atoms with Crippen molar-refractivity contribution in [3.63, 3.8) is 0 Å². The number of Topliss-reactive ketones (excluding diaryl/α,β-unsaturated/α-hetero) is 1. The van der Waals surface area contributed by atoms with Crippen molar-refractivity contribution in [3.8, 4) is 0 Å². The van der Waals surface area contributed by atoms with Crippen LogP contribution in [0.2, 0.25) is 0 Å². The average Bonchev–Trinajstić information content (AvgIpc) is 2.95. The van der Waals surface area contributed by atoms with Crippen LogP contribution in [0.4, 0.5) is 0 Å². The summed E-state index contributed by atoms with van der Waals surface area (Å²) in [5.74, 6) is 0.106. The largest absolute Gasteiger partial charge is 0.464 e. The number of ketones is 1. The van der Waals surface area contributed by atoms with Gasteiger partial charge in [0.05, 0.1) is 12.1 Å². The summed E-state index contributed by atoms with van der Waals surface area (Å²) in [5.41, 5.74) is 7.27. The molecule has 4 heteroatoms. The number of benzene rings is 1. The molecule has 4 nitrogen and oxygen atoms in total. The highest BCUT2D eigenvalue weighted by Gasteiger charge is 2.23. The van der Waals surface area contributed by atoms with E-state index in [2.05, 4.69) is 4.90 Å². The predicted octanol–water partition coefficient (Wildman–Crippen LogP) is 1.65. The van der Waals surface area contributed by atoms with Crippen molar-refractivity contribution in [1.82, 2.24) is 4.90 Å². The molecule has 0 spiro atoms. The second kappa shape index (κ2) is 4.55. The van der Waals surface area contributed by atoms with Crippen molar-refractivity contribution in [2.24, 2.45) is 5.73 Å². The molecule has 1 atom stereocenters. The Kier molecular flexibility index (Phi) is 2.89. The van der Waals surface area contributed by atoms with Crippen molar-refractivity contribution < 1.29 is 9.21 Å². The van der Waals surface area contributed by atoms with Crippen LogP contribution in [-0.4, -0.2) is 36.4 Å². The van der Waals surface area contributed by atoms with Crippen molar-refractivity contribution in [2.45, 2.75) is 12.5 Å². The van der Waals surface area contributed by atoms with E-state index >= 15 is 0 Å². The lowest BCUT2D eigenvalue weighted by Crippen LogP contribution is -2.30. The number of carbonyl (C=O) groups is 1. The molecule has 1 aromatic heterocycles. The van der Waals surface area contributed by atoms with Gasteiger partial charge in [-0.15, -0.1) is 0 Å². The van der Waals surface area contributed by atoms with E-state index in [9.17, 15) is 4.79 Å². The van der Waals surface area contributed by atoms with Gasteiger partial charge in [0, 0.05) is 24.5 Å². The fraction of sp³-hybridized carbons (Fsp3) is 0.357. The van der Waals surface area contributed by atoms with Gasteiger partial charge in [-0.25, -0.2) is 0 Å².